The zero-order valence-corrected chi connectivity index (χ0v) is 22.1. The maximum atomic E-state index is 6.20. The molecule has 3 heterocycles. The summed E-state index contributed by atoms with van der Waals surface area (Å²) in [6, 6.07) is 18.1. The van der Waals surface area contributed by atoms with Gasteiger partial charge in [0.15, 0.2) is 5.82 Å². The van der Waals surface area contributed by atoms with Crippen LogP contribution in [0.1, 0.15) is 50.1 Å². The van der Waals surface area contributed by atoms with Crippen molar-refractivity contribution < 1.29 is 14.2 Å². The number of anilines is 2. The summed E-state index contributed by atoms with van der Waals surface area (Å²) in [5, 5.41) is 4.03. The maximum absolute atomic E-state index is 6.20. The Morgan fingerprint density at radius 2 is 1.94 bits per heavy atom. The molecule has 7 nitrogen and oxygen atoms in total. The zero-order valence-electron chi connectivity index (χ0n) is 20.4. The van der Waals surface area contributed by atoms with Gasteiger partial charge in [0, 0.05) is 29.1 Å². The Bertz CT molecular complexity index is 1320. The van der Waals surface area contributed by atoms with Crippen LogP contribution in [-0.2, 0) is 4.74 Å². The number of aromatic nitrogens is 3. The third-order valence-corrected chi connectivity index (χ3v) is 7.41. The van der Waals surface area contributed by atoms with E-state index >= 15 is 0 Å². The van der Waals surface area contributed by atoms with Gasteiger partial charge in [-0.2, -0.15) is 4.37 Å². The van der Waals surface area contributed by atoms with Gasteiger partial charge in [0.05, 0.1) is 18.2 Å². The lowest BCUT2D eigenvalue weighted by Crippen LogP contribution is -2.00. The fraction of sp³-hybridized carbons (Fsp3) is 0.296. The monoisotopic (exact) mass is 520 g/mol. The standard InChI is InChI=1S/C27H28N4O3S2/c1-17(2)18-7-4-9-20(13-18)34-21-15-24(35-22-10-5-8-19(14-22)32-3)26(28-16-21)30-27-29-25(31-36-27)23-11-6-12-33-23/h4-5,7-10,13-17,23H,6,11-12H2,1-3H3,(H,28,29,30,31). The third-order valence-electron chi connectivity index (χ3n) is 5.74. The molecule has 2 aromatic carbocycles. The second-order valence-electron chi connectivity index (χ2n) is 8.71. The smallest absolute Gasteiger partial charge is 0.208 e. The SMILES string of the molecule is COc1cccc(Sc2cc(Oc3cccc(C(C)C)c3)cnc2Nc2nc(C3CCCO3)ns2)c1. The molecule has 0 spiro atoms. The first-order valence-electron chi connectivity index (χ1n) is 11.9. The van der Waals surface area contributed by atoms with Crippen LogP contribution in [0.25, 0.3) is 0 Å². The fourth-order valence-corrected chi connectivity index (χ4v) is 5.38. The highest BCUT2D eigenvalue weighted by Gasteiger charge is 2.22. The van der Waals surface area contributed by atoms with Gasteiger partial charge in [-0.3, -0.25) is 0 Å². The first-order valence-corrected chi connectivity index (χ1v) is 13.5. The van der Waals surface area contributed by atoms with Crippen molar-refractivity contribution in [3.63, 3.8) is 0 Å². The van der Waals surface area contributed by atoms with Gasteiger partial charge in [-0.15, -0.1) is 0 Å². The molecule has 1 aliphatic rings. The molecule has 0 amide bonds. The van der Waals surface area contributed by atoms with E-state index in [4.69, 9.17) is 19.2 Å². The quantitative estimate of drug-likeness (QED) is 0.242. The number of rotatable bonds is 9. The molecule has 0 bridgehead atoms. The Kier molecular flexibility index (Phi) is 7.69. The van der Waals surface area contributed by atoms with Crippen molar-refractivity contribution in [3.05, 3.63) is 72.2 Å². The minimum Gasteiger partial charge on any atom is -0.497 e. The average Bonchev–Trinajstić information content (AvgIpc) is 3.58. The van der Waals surface area contributed by atoms with E-state index in [0.29, 0.717) is 22.6 Å². The first kappa shape index (κ1) is 24.5. The maximum Gasteiger partial charge on any atom is 0.208 e. The van der Waals surface area contributed by atoms with Gasteiger partial charge in [0.25, 0.3) is 0 Å². The van der Waals surface area contributed by atoms with Crippen molar-refractivity contribution in [1.82, 2.24) is 14.3 Å². The Labute approximate surface area is 219 Å². The Balaban J connectivity index is 1.42. The molecular weight excluding hydrogens is 492 g/mol. The van der Waals surface area contributed by atoms with Crippen LogP contribution in [0.5, 0.6) is 17.2 Å². The van der Waals surface area contributed by atoms with E-state index in [-0.39, 0.29) is 6.10 Å². The highest BCUT2D eigenvalue weighted by atomic mass is 32.2. The highest BCUT2D eigenvalue weighted by Crippen LogP contribution is 2.39. The summed E-state index contributed by atoms with van der Waals surface area (Å²) in [5.41, 5.74) is 1.23. The summed E-state index contributed by atoms with van der Waals surface area (Å²) in [6.07, 6.45) is 3.70. The van der Waals surface area contributed by atoms with Crippen LogP contribution in [0.2, 0.25) is 0 Å². The van der Waals surface area contributed by atoms with Gasteiger partial charge < -0.3 is 19.5 Å². The van der Waals surface area contributed by atoms with Crippen LogP contribution in [0.3, 0.4) is 0 Å². The van der Waals surface area contributed by atoms with Crippen molar-refractivity contribution in [2.75, 3.05) is 19.0 Å². The minimum atomic E-state index is -0.0206. The molecule has 2 aromatic heterocycles. The number of methoxy groups -OCH3 is 1. The van der Waals surface area contributed by atoms with Crippen LogP contribution < -0.4 is 14.8 Å². The molecule has 4 aromatic rings. The number of nitrogens with zero attached hydrogens (tertiary/aromatic N) is 3. The van der Waals surface area contributed by atoms with E-state index < -0.39 is 0 Å². The van der Waals surface area contributed by atoms with E-state index in [0.717, 1.165) is 46.6 Å². The van der Waals surface area contributed by atoms with Crippen molar-refractivity contribution in [2.24, 2.45) is 0 Å². The summed E-state index contributed by atoms with van der Waals surface area (Å²) in [4.78, 5) is 11.3. The third kappa shape index (κ3) is 5.98. The van der Waals surface area contributed by atoms with Gasteiger partial charge in [-0.25, -0.2) is 9.97 Å². The van der Waals surface area contributed by atoms with Gasteiger partial charge in [0.2, 0.25) is 5.13 Å². The largest absolute Gasteiger partial charge is 0.497 e. The molecule has 1 unspecified atom stereocenters. The average molecular weight is 521 g/mol. The molecule has 0 radical (unpaired) electrons. The number of nitrogens with one attached hydrogen (secondary N) is 1. The second-order valence-corrected chi connectivity index (χ2v) is 10.6. The molecule has 1 aliphatic heterocycles. The Morgan fingerprint density at radius 3 is 2.75 bits per heavy atom. The molecule has 1 atom stereocenters. The lowest BCUT2D eigenvalue weighted by Gasteiger charge is -2.13. The van der Waals surface area contributed by atoms with Gasteiger partial charge in [0.1, 0.15) is 29.2 Å². The number of hydrogen-bond donors (Lipinski definition) is 1. The van der Waals surface area contributed by atoms with Crippen molar-refractivity contribution in [1.29, 1.82) is 0 Å². The summed E-state index contributed by atoms with van der Waals surface area (Å²) < 4.78 is 21.8. The Hall–Kier alpha value is -3.14. The van der Waals surface area contributed by atoms with Gasteiger partial charge in [-0.1, -0.05) is 43.8 Å². The van der Waals surface area contributed by atoms with E-state index in [2.05, 4.69) is 40.7 Å². The number of hydrogen-bond acceptors (Lipinski definition) is 9. The molecule has 0 saturated carbocycles. The van der Waals surface area contributed by atoms with Crippen LogP contribution in [0.4, 0.5) is 10.9 Å². The lowest BCUT2D eigenvalue weighted by atomic mass is 10.0. The summed E-state index contributed by atoms with van der Waals surface area (Å²) in [6.45, 7) is 5.10. The normalized spacial score (nSPS) is 15.3. The number of benzene rings is 2. The molecule has 1 N–H and O–H groups in total. The second kappa shape index (κ2) is 11.3. The highest BCUT2D eigenvalue weighted by molar-refractivity contribution is 7.99. The summed E-state index contributed by atoms with van der Waals surface area (Å²) in [7, 11) is 1.67. The van der Waals surface area contributed by atoms with Gasteiger partial charge >= 0.3 is 0 Å². The van der Waals surface area contributed by atoms with Crippen LogP contribution in [0.15, 0.2) is 70.6 Å². The zero-order chi connectivity index (χ0) is 24.9. The molecule has 1 fully saturated rings. The van der Waals surface area contributed by atoms with Crippen LogP contribution in [0, 0.1) is 0 Å². The Morgan fingerprint density at radius 1 is 1.08 bits per heavy atom. The van der Waals surface area contributed by atoms with E-state index in [9.17, 15) is 0 Å². The predicted molar refractivity (Wildman–Crippen MR) is 143 cm³/mol. The lowest BCUT2D eigenvalue weighted by molar-refractivity contribution is 0.106. The van der Waals surface area contributed by atoms with E-state index in [1.807, 2.05) is 42.5 Å². The first-order chi connectivity index (χ1) is 17.6. The number of pyridine rings is 1. The molecular formula is C27H28N4O3S2. The number of ether oxygens (including phenoxy) is 3. The van der Waals surface area contributed by atoms with Crippen molar-refractivity contribution in [3.8, 4) is 17.2 Å². The molecule has 36 heavy (non-hydrogen) atoms. The van der Waals surface area contributed by atoms with Gasteiger partial charge in [-0.05, 0) is 54.7 Å². The predicted octanol–water partition coefficient (Wildman–Crippen LogP) is 7.60. The molecule has 9 heteroatoms. The van der Waals surface area contributed by atoms with E-state index in [1.165, 1.54) is 17.1 Å². The van der Waals surface area contributed by atoms with Crippen LogP contribution in [-0.4, -0.2) is 28.1 Å². The topological polar surface area (TPSA) is 78.4 Å². The van der Waals surface area contributed by atoms with Crippen molar-refractivity contribution in [2.45, 2.75) is 48.5 Å². The summed E-state index contributed by atoms with van der Waals surface area (Å²) in [5.74, 6) is 4.07. The van der Waals surface area contributed by atoms with E-state index in [1.54, 1.807) is 25.1 Å². The molecule has 5 rings (SSSR count). The van der Waals surface area contributed by atoms with Crippen LogP contribution >= 0.6 is 23.3 Å². The molecule has 0 aliphatic carbocycles. The van der Waals surface area contributed by atoms with Crippen molar-refractivity contribution >= 4 is 34.2 Å². The molecule has 1 saturated heterocycles. The fourth-order valence-electron chi connectivity index (χ4n) is 3.82. The minimum absolute atomic E-state index is 0.0206. The molecule has 186 valence electrons. The summed E-state index contributed by atoms with van der Waals surface area (Å²) >= 11 is 2.89.